The molecule has 1 aliphatic heterocycles. The van der Waals surface area contributed by atoms with Gasteiger partial charge in [0.15, 0.2) is 0 Å². The first kappa shape index (κ1) is 12.5. The molecule has 0 bridgehead atoms. The van der Waals surface area contributed by atoms with Gasteiger partial charge >= 0.3 is 0 Å². The van der Waals surface area contributed by atoms with Crippen molar-refractivity contribution < 1.29 is 9.84 Å². The lowest BCUT2D eigenvalue weighted by Crippen LogP contribution is -2.29. The molecular weight excluding hydrogens is 238 g/mol. The molecule has 3 heteroatoms. The highest BCUT2D eigenvalue weighted by Gasteiger charge is 2.27. The number of hydrogen-bond donors (Lipinski definition) is 2. The molecule has 2 aromatic rings. The quantitative estimate of drug-likeness (QED) is 0.888. The van der Waals surface area contributed by atoms with Gasteiger partial charge in [-0.2, -0.15) is 0 Å². The van der Waals surface area contributed by atoms with Crippen molar-refractivity contribution in [1.82, 2.24) is 5.32 Å². The minimum absolute atomic E-state index is 0.125. The smallest absolute Gasteiger partial charge is 0.125 e. The van der Waals surface area contributed by atoms with Crippen LogP contribution in [0.1, 0.15) is 24.5 Å². The summed E-state index contributed by atoms with van der Waals surface area (Å²) in [5, 5.41) is 16.3. The van der Waals surface area contributed by atoms with Gasteiger partial charge in [-0.05, 0) is 36.2 Å². The van der Waals surface area contributed by atoms with E-state index in [2.05, 4.69) is 11.4 Å². The molecule has 0 aromatic heterocycles. The van der Waals surface area contributed by atoms with E-state index in [1.54, 1.807) is 7.11 Å². The third kappa shape index (κ3) is 2.20. The van der Waals surface area contributed by atoms with Crippen molar-refractivity contribution in [3.05, 3.63) is 42.0 Å². The van der Waals surface area contributed by atoms with E-state index in [0.717, 1.165) is 41.5 Å². The van der Waals surface area contributed by atoms with Crippen LogP contribution in [0.4, 0.5) is 0 Å². The van der Waals surface area contributed by atoms with E-state index in [0.29, 0.717) is 0 Å². The van der Waals surface area contributed by atoms with Crippen LogP contribution in [0.3, 0.4) is 0 Å². The van der Waals surface area contributed by atoms with Crippen molar-refractivity contribution in [2.75, 3.05) is 13.7 Å². The Morgan fingerprint density at radius 2 is 2.11 bits per heavy atom. The van der Waals surface area contributed by atoms with Gasteiger partial charge in [0.05, 0.1) is 13.2 Å². The molecule has 0 saturated carbocycles. The summed E-state index contributed by atoms with van der Waals surface area (Å²) in [5.74, 6) is 0.764. The molecule has 0 spiro atoms. The summed E-state index contributed by atoms with van der Waals surface area (Å²) in [4.78, 5) is 0. The van der Waals surface area contributed by atoms with E-state index in [-0.39, 0.29) is 6.04 Å². The zero-order valence-corrected chi connectivity index (χ0v) is 11.1. The predicted octanol–water partition coefficient (Wildman–Crippen LogP) is 2.63. The van der Waals surface area contributed by atoms with Gasteiger partial charge in [0, 0.05) is 11.6 Å². The second-order valence-electron chi connectivity index (χ2n) is 5.05. The second-order valence-corrected chi connectivity index (χ2v) is 5.05. The van der Waals surface area contributed by atoms with Crippen molar-refractivity contribution in [1.29, 1.82) is 0 Å². The summed E-state index contributed by atoms with van der Waals surface area (Å²) in [6.45, 7) is 0.981. The van der Waals surface area contributed by atoms with E-state index >= 15 is 0 Å². The van der Waals surface area contributed by atoms with Gasteiger partial charge in [-0.15, -0.1) is 0 Å². The zero-order valence-electron chi connectivity index (χ0n) is 11.1. The SMILES string of the molecule is COc1ccc2ccccc2c1C(O)C1CCCN1. The van der Waals surface area contributed by atoms with E-state index in [1.165, 1.54) is 0 Å². The molecular formula is C16H19NO2. The van der Waals surface area contributed by atoms with Crippen molar-refractivity contribution in [2.24, 2.45) is 0 Å². The molecule has 19 heavy (non-hydrogen) atoms. The molecule has 0 radical (unpaired) electrons. The summed E-state index contributed by atoms with van der Waals surface area (Å²) < 4.78 is 5.45. The van der Waals surface area contributed by atoms with Gasteiger partial charge in [-0.1, -0.05) is 30.3 Å². The first-order chi connectivity index (χ1) is 9.31. The van der Waals surface area contributed by atoms with Crippen LogP contribution in [0, 0.1) is 0 Å². The number of methoxy groups -OCH3 is 1. The summed E-state index contributed by atoms with van der Waals surface area (Å²) >= 11 is 0. The van der Waals surface area contributed by atoms with Crippen LogP contribution in [0.25, 0.3) is 10.8 Å². The molecule has 2 aromatic carbocycles. The van der Waals surface area contributed by atoms with Gasteiger partial charge in [-0.3, -0.25) is 0 Å². The molecule has 2 unspecified atom stereocenters. The molecule has 1 fully saturated rings. The molecule has 2 N–H and O–H groups in total. The Morgan fingerprint density at radius 3 is 2.84 bits per heavy atom. The lowest BCUT2D eigenvalue weighted by Gasteiger charge is -2.22. The lowest BCUT2D eigenvalue weighted by molar-refractivity contribution is 0.135. The number of hydrogen-bond acceptors (Lipinski definition) is 3. The van der Waals surface area contributed by atoms with E-state index < -0.39 is 6.10 Å². The average Bonchev–Trinajstić information content (AvgIpc) is 2.99. The maximum absolute atomic E-state index is 10.7. The Bertz CT molecular complexity index is 576. The Kier molecular flexibility index (Phi) is 3.40. The van der Waals surface area contributed by atoms with Gasteiger partial charge in [0.25, 0.3) is 0 Å². The number of aliphatic hydroxyl groups excluding tert-OH is 1. The first-order valence-electron chi connectivity index (χ1n) is 6.78. The van der Waals surface area contributed by atoms with E-state index in [9.17, 15) is 5.11 Å². The molecule has 100 valence electrons. The third-order valence-corrected chi connectivity index (χ3v) is 3.93. The molecule has 1 aliphatic rings. The summed E-state index contributed by atoms with van der Waals surface area (Å²) in [5.41, 5.74) is 0.903. The average molecular weight is 257 g/mol. The highest BCUT2D eigenvalue weighted by Crippen LogP contribution is 2.36. The standard InChI is InChI=1S/C16H19NO2/c1-19-14-9-8-11-5-2-3-6-12(11)15(14)16(18)13-7-4-10-17-13/h2-3,5-6,8-9,13,16-18H,4,7,10H2,1H3. The minimum Gasteiger partial charge on any atom is -0.496 e. The number of benzene rings is 2. The van der Waals surface area contributed by atoms with Crippen LogP contribution < -0.4 is 10.1 Å². The molecule has 3 rings (SSSR count). The third-order valence-electron chi connectivity index (χ3n) is 3.93. The lowest BCUT2D eigenvalue weighted by atomic mass is 9.94. The highest BCUT2D eigenvalue weighted by atomic mass is 16.5. The van der Waals surface area contributed by atoms with Crippen molar-refractivity contribution in [3.63, 3.8) is 0 Å². The molecule has 3 nitrogen and oxygen atoms in total. The first-order valence-corrected chi connectivity index (χ1v) is 6.78. The Balaban J connectivity index is 2.13. The highest BCUT2D eigenvalue weighted by molar-refractivity contribution is 5.88. The van der Waals surface area contributed by atoms with Crippen LogP contribution in [0.2, 0.25) is 0 Å². The molecule has 0 aliphatic carbocycles. The van der Waals surface area contributed by atoms with Crippen molar-refractivity contribution in [3.8, 4) is 5.75 Å². The Morgan fingerprint density at radius 1 is 1.26 bits per heavy atom. The van der Waals surface area contributed by atoms with Crippen molar-refractivity contribution in [2.45, 2.75) is 25.0 Å². The largest absolute Gasteiger partial charge is 0.496 e. The van der Waals surface area contributed by atoms with Crippen LogP contribution in [-0.4, -0.2) is 24.8 Å². The number of nitrogens with one attached hydrogen (secondary N) is 1. The number of aliphatic hydroxyl groups is 1. The fourth-order valence-electron chi connectivity index (χ4n) is 2.94. The van der Waals surface area contributed by atoms with Crippen LogP contribution in [0.15, 0.2) is 36.4 Å². The topological polar surface area (TPSA) is 41.5 Å². The van der Waals surface area contributed by atoms with Crippen LogP contribution in [-0.2, 0) is 0 Å². The summed E-state index contributed by atoms with van der Waals surface area (Å²) in [6.07, 6.45) is 1.60. The molecule has 2 atom stereocenters. The van der Waals surface area contributed by atoms with Crippen molar-refractivity contribution >= 4 is 10.8 Å². The van der Waals surface area contributed by atoms with Gasteiger partial charge < -0.3 is 15.2 Å². The summed E-state index contributed by atoms with van der Waals surface area (Å²) in [6, 6.07) is 12.2. The van der Waals surface area contributed by atoms with Crippen LogP contribution >= 0.6 is 0 Å². The predicted molar refractivity (Wildman–Crippen MR) is 76.5 cm³/mol. The normalized spacial score (nSPS) is 20.6. The fraction of sp³-hybridized carbons (Fsp3) is 0.375. The molecule has 1 saturated heterocycles. The Hall–Kier alpha value is -1.58. The maximum Gasteiger partial charge on any atom is 0.125 e. The summed E-state index contributed by atoms with van der Waals surface area (Å²) in [7, 11) is 1.66. The fourth-order valence-corrected chi connectivity index (χ4v) is 2.94. The maximum atomic E-state index is 10.7. The minimum atomic E-state index is -0.524. The van der Waals surface area contributed by atoms with Gasteiger partial charge in [0.2, 0.25) is 0 Å². The zero-order chi connectivity index (χ0) is 13.2. The van der Waals surface area contributed by atoms with E-state index in [1.807, 2.05) is 30.3 Å². The molecule has 0 amide bonds. The van der Waals surface area contributed by atoms with E-state index in [4.69, 9.17) is 4.74 Å². The number of ether oxygens (including phenoxy) is 1. The molecule has 1 heterocycles. The number of fused-ring (bicyclic) bond motifs is 1. The van der Waals surface area contributed by atoms with Gasteiger partial charge in [0.1, 0.15) is 5.75 Å². The Labute approximate surface area is 113 Å². The van der Waals surface area contributed by atoms with Crippen LogP contribution in [0.5, 0.6) is 5.75 Å². The number of rotatable bonds is 3. The monoisotopic (exact) mass is 257 g/mol. The van der Waals surface area contributed by atoms with Gasteiger partial charge in [-0.25, -0.2) is 0 Å². The second kappa shape index (κ2) is 5.19.